The lowest BCUT2D eigenvalue weighted by molar-refractivity contribution is -0.139. The lowest BCUT2D eigenvalue weighted by Crippen LogP contribution is -2.43. The Bertz CT molecular complexity index is 271. The van der Waals surface area contributed by atoms with Crippen molar-refractivity contribution in [3.05, 3.63) is 0 Å². The van der Waals surface area contributed by atoms with Gasteiger partial charge in [-0.1, -0.05) is 19.3 Å². The molecule has 1 saturated heterocycles. The van der Waals surface area contributed by atoms with Crippen LogP contribution in [0.1, 0.15) is 45.4 Å². The van der Waals surface area contributed by atoms with Gasteiger partial charge in [0.15, 0.2) is 0 Å². The Hall–Kier alpha value is -0.280. The summed E-state index contributed by atoms with van der Waals surface area (Å²) in [5.74, 6) is 1.09. The Morgan fingerprint density at radius 3 is 2.56 bits per heavy atom. The third-order valence-electron chi connectivity index (χ3n) is 4.49. The van der Waals surface area contributed by atoms with Gasteiger partial charge >= 0.3 is 0 Å². The van der Waals surface area contributed by atoms with Crippen LogP contribution in [0.3, 0.4) is 0 Å². The molecule has 4 heteroatoms. The number of nitrogens with one attached hydrogen (secondary N) is 1. The molecule has 1 saturated carbocycles. The summed E-state index contributed by atoms with van der Waals surface area (Å²) in [6.45, 7) is 4.90. The molecule has 2 aliphatic rings. The fourth-order valence-corrected chi connectivity index (χ4v) is 3.30. The molecule has 0 bridgehead atoms. The van der Waals surface area contributed by atoms with Gasteiger partial charge in [0.25, 0.3) is 0 Å². The summed E-state index contributed by atoms with van der Waals surface area (Å²) in [5.41, 5.74) is -0.149. The molecule has 0 aromatic heterocycles. The molecule has 1 amide bonds. The lowest BCUT2D eigenvalue weighted by atomic mass is 9.86. The van der Waals surface area contributed by atoms with Crippen molar-refractivity contribution in [2.24, 2.45) is 11.3 Å². The SMILES string of the molecule is CN(CC1CCCCC1)C(=O)C1(C)CCNC1.Cl. The van der Waals surface area contributed by atoms with Gasteiger partial charge in [-0.25, -0.2) is 0 Å². The maximum Gasteiger partial charge on any atom is 0.229 e. The highest BCUT2D eigenvalue weighted by atomic mass is 35.5. The summed E-state index contributed by atoms with van der Waals surface area (Å²) in [4.78, 5) is 14.4. The van der Waals surface area contributed by atoms with Gasteiger partial charge in [-0.2, -0.15) is 0 Å². The van der Waals surface area contributed by atoms with Gasteiger partial charge in [0.1, 0.15) is 0 Å². The van der Waals surface area contributed by atoms with Gasteiger partial charge in [-0.3, -0.25) is 4.79 Å². The minimum Gasteiger partial charge on any atom is -0.345 e. The molecule has 106 valence electrons. The molecule has 1 atom stereocenters. The molecule has 0 aromatic rings. The van der Waals surface area contributed by atoms with Gasteiger partial charge in [-0.05, 0) is 38.6 Å². The molecule has 18 heavy (non-hydrogen) atoms. The van der Waals surface area contributed by atoms with Crippen LogP contribution in [0.4, 0.5) is 0 Å². The van der Waals surface area contributed by atoms with E-state index in [1.165, 1.54) is 32.1 Å². The molecule has 0 radical (unpaired) electrons. The van der Waals surface area contributed by atoms with Gasteiger partial charge in [0.2, 0.25) is 5.91 Å². The minimum absolute atomic E-state index is 0. The summed E-state index contributed by atoms with van der Waals surface area (Å²) in [6, 6.07) is 0. The monoisotopic (exact) mass is 274 g/mol. The predicted molar refractivity (Wildman–Crippen MR) is 77.1 cm³/mol. The van der Waals surface area contributed by atoms with Gasteiger partial charge in [-0.15, -0.1) is 12.4 Å². The van der Waals surface area contributed by atoms with E-state index in [2.05, 4.69) is 12.2 Å². The third kappa shape index (κ3) is 3.61. The topological polar surface area (TPSA) is 32.3 Å². The van der Waals surface area contributed by atoms with E-state index in [4.69, 9.17) is 0 Å². The van der Waals surface area contributed by atoms with Crippen LogP contribution in [0.5, 0.6) is 0 Å². The standard InChI is InChI=1S/C14H26N2O.ClH/c1-14(8-9-15-11-14)13(17)16(2)10-12-6-4-3-5-7-12;/h12,15H,3-11H2,1-2H3;1H. The number of nitrogens with zero attached hydrogens (tertiary/aromatic N) is 1. The maximum atomic E-state index is 12.4. The minimum atomic E-state index is -0.149. The zero-order chi connectivity index (χ0) is 12.3. The molecule has 0 spiro atoms. The Labute approximate surface area is 117 Å². The van der Waals surface area contributed by atoms with E-state index in [0.29, 0.717) is 5.91 Å². The van der Waals surface area contributed by atoms with Crippen molar-refractivity contribution in [2.45, 2.75) is 45.4 Å². The molecular formula is C14H27ClN2O. The second-order valence-corrected chi connectivity index (χ2v) is 6.18. The summed E-state index contributed by atoms with van der Waals surface area (Å²) >= 11 is 0. The van der Waals surface area contributed by atoms with Crippen LogP contribution in [-0.4, -0.2) is 37.5 Å². The second kappa shape index (κ2) is 6.76. The summed E-state index contributed by atoms with van der Waals surface area (Å²) < 4.78 is 0. The molecule has 3 nitrogen and oxygen atoms in total. The fraction of sp³-hybridized carbons (Fsp3) is 0.929. The Morgan fingerprint density at radius 1 is 1.33 bits per heavy atom. The number of hydrogen-bond donors (Lipinski definition) is 1. The van der Waals surface area contributed by atoms with Crippen molar-refractivity contribution >= 4 is 18.3 Å². The zero-order valence-electron chi connectivity index (χ0n) is 11.7. The molecule has 0 aromatic carbocycles. The molecule has 1 unspecified atom stereocenters. The van der Waals surface area contributed by atoms with Crippen LogP contribution < -0.4 is 5.32 Å². The first-order valence-electron chi connectivity index (χ1n) is 7.08. The highest BCUT2D eigenvalue weighted by Crippen LogP contribution is 2.29. The van der Waals surface area contributed by atoms with E-state index >= 15 is 0 Å². The quantitative estimate of drug-likeness (QED) is 0.857. The average Bonchev–Trinajstić information content (AvgIpc) is 2.78. The Balaban J connectivity index is 0.00000162. The van der Waals surface area contributed by atoms with Crippen LogP contribution in [0.15, 0.2) is 0 Å². The molecular weight excluding hydrogens is 248 g/mol. The number of carbonyl (C=O) groups excluding carboxylic acids is 1. The van der Waals surface area contributed by atoms with E-state index in [1.54, 1.807) is 0 Å². The van der Waals surface area contributed by atoms with Gasteiger partial charge in [0, 0.05) is 20.1 Å². The van der Waals surface area contributed by atoms with Crippen LogP contribution in [-0.2, 0) is 4.79 Å². The molecule has 2 rings (SSSR count). The van der Waals surface area contributed by atoms with E-state index in [-0.39, 0.29) is 17.8 Å². The largest absolute Gasteiger partial charge is 0.345 e. The van der Waals surface area contributed by atoms with Crippen molar-refractivity contribution in [3.63, 3.8) is 0 Å². The van der Waals surface area contributed by atoms with Crippen LogP contribution in [0.2, 0.25) is 0 Å². The first-order valence-corrected chi connectivity index (χ1v) is 7.08. The second-order valence-electron chi connectivity index (χ2n) is 6.18. The van der Waals surface area contributed by atoms with Crippen LogP contribution in [0, 0.1) is 11.3 Å². The Morgan fingerprint density at radius 2 is 2.00 bits per heavy atom. The van der Waals surface area contributed by atoms with Crippen molar-refractivity contribution in [2.75, 3.05) is 26.7 Å². The molecule has 1 aliphatic carbocycles. The van der Waals surface area contributed by atoms with E-state index in [1.807, 2.05) is 11.9 Å². The van der Waals surface area contributed by atoms with Gasteiger partial charge in [0.05, 0.1) is 5.41 Å². The van der Waals surface area contributed by atoms with Crippen molar-refractivity contribution in [3.8, 4) is 0 Å². The van der Waals surface area contributed by atoms with Crippen molar-refractivity contribution in [1.82, 2.24) is 10.2 Å². The number of halogens is 1. The highest BCUT2D eigenvalue weighted by Gasteiger charge is 2.38. The molecule has 1 aliphatic heterocycles. The first kappa shape index (κ1) is 15.8. The van der Waals surface area contributed by atoms with E-state index in [0.717, 1.165) is 32.0 Å². The highest BCUT2D eigenvalue weighted by molar-refractivity contribution is 5.85. The predicted octanol–water partition coefficient (Wildman–Crippen LogP) is 2.45. The summed E-state index contributed by atoms with van der Waals surface area (Å²) in [7, 11) is 1.99. The van der Waals surface area contributed by atoms with E-state index in [9.17, 15) is 4.79 Å². The van der Waals surface area contributed by atoms with Crippen molar-refractivity contribution < 1.29 is 4.79 Å². The number of rotatable bonds is 3. The molecule has 1 N–H and O–H groups in total. The summed E-state index contributed by atoms with van der Waals surface area (Å²) in [5, 5.41) is 3.30. The summed E-state index contributed by atoms with van der Waals surface area (Å²) in [6.07, 6.45) is 7.70. The molecule has 1 heterocycles. The number of amides is 1. The number of hydrogen-bond acceptors (Lipinski definition) is 2. The van der Waals surface area contributed by atoms with Crippen molar-refractivity contribution in [1.29, 1.82) is 0 Å². The maximum absolute atomic E-state index is 12.4. The number of carbonyl (C=O) groups is 1. The first-order chi connectivity index (χ1) is 8.12. The average molecular weight is 275 g/mol. The van der Waals surface area contributed by atoms with Crippen LogP contribution >= 0.6 is 12.4 Å². The third-order valence-corrected chi connectivity index (χ3v) is 4.49. The lowest BCUT2D eigenvalue weighted by Gasteiger charge is -2.32. The van der Waals surface area contributed by atoms with Gasteiger partial charge < -0.3 is 10.2 Å². The molecule has 2 fully saturated rings. The van der Waals surface area contributed by atoms with Crippen LogP contribution in [0.25, 0.3) is 0 Å². The smallest absolute Gasteiger partial charge is 0.229 e. The zero-order valence-corrected chi connectivity index (χ0v) is 12.5. The fourth-order valence-electron chi connectivity index (χ4n) is 3.30. The van der Waals surface area contributed by atoms with E-state index < -0.39 is 0 Å². The Kier molecular flexibility index (Phi) is 5.93. The normalized spacial score (nSPS) is 28.8.